The van der Waals surface area contributed by atoms with E-state index in [1.54, 1.807) is 0 Å². The molecular formula is C12H19NO6P+. The third-order valence-electron chi connectivity index (χ3n) is 2.34. The molecule has 0 spiro atoms. The van der Waals surface area contributed by atoms with Crippen LogP contribution in [0, 0.1) is 0 Å². The van der Waals surface area contributed by atoms with Crippen molar-refractivity contribution in [3.05, 3.63) is 29.8 Å². The Morgan fingerprint density at radius 2 is 1.80 bits per heavy atom. The van der Waals surface area contributed by atoms with Crippen LogP contribution in [0.1, 0.15) is 10.4 Å². The van der Waals surface area contributed by atoms with E-state index in [-0.39, 0.29) is 17.9 Å². The van der Waals surface area contributed by atoms with E-state index in [0.29, 0.717) is 11.0 Å². The summed E-state index contributed by atoms with van der Waals surface area (Å²) in [4.78, 5) is 20.2. The lowest BCUT2D eigenvalue weighted by Crippen LogP contribution is -2.37. The van der Waals surface area contributed by atoms with Gasteiger partial charge in [-0.15, -0.1) is 0 Å². The first kappa shape index (κ1) is 16.7. The molecule has 8 heteroatoms. The Labute approximate surface area is 117 Å². The summed E-state index contributed by atoms with van der Waals surface area (Å²) in [6.07, 6.45) is 0. The summed E-state index contributed by atoms with van der Waals surface area (Å²) in [5.41, 5.74) is 0.0658. The number of rotatable bonds is 7. The zero-order valence-corrected chi connectivity index (χ0v) is 12.5. The van der Waals surface area contributed by atoms with E-state index in [4.69, 9.17) is 14.2 Å². The topological polar surface area (TPSA) is 93.1 Å². The van der Waals surface area contributed by atoms with Crippen LogP contribution < -0.4 is 4.52 Å². The average molecular weight is 304 g/mol. The summed E-state index contributed by atoms with van der Waals surface area (Å²) < 4.78 is 22.0. The van der Waals surface area contributed by atoms with Crippen LogP contribution in [0.4, 0.5) is 0 Å². The van der Waals surface area contributed by atoms with Gasteiger partial charge in [-0.25, -0.2) is 9.36 Å². The van der Waals surface area contributed by atoms with Gasteiger partial charge in [0.1, 0.15) is 18.9 Å². The first-order chi connectivity index (χ1) is 9.09. The van der Waals surface area contributed by atoms with Gasteiger partial charge in [0.05, 0.1) is 26.7 Å². The first-order valence-electron chi connectivity index (χ1n) is 5.90. The number of aromatic carboxylic acids is 1. The molecule has 1 rings (SSSR count). The molecule has 0 saturated carbocycles. The molecule has 1 aromatic carbocycles. The molecule has 0 fully saturated rings. The maximum Gasteiger partial charge on any atom is 0.527 e. The van der Waals surface area contributed by atoms with E-state index in [9.17, 15) is 14.3 Å². The van der Waals surface area contributed by atoms with Gasteiger partial charge < -0.3 is 14.1 Å². The smallest absolute Gasteiger partial charge is 0.478 e. The van der Waals surface area contributed by atoms with Crippen LogP contribution in [0.15, 0.2) is 24.3 Å². The van der Waals surface area contributed by atoms with Crippen LogP contribution in [0.5, 0.6) is 5.75 Å². The van der Waals surface area contributed by atoms with Crippen molar-refractivity contribution in [2.45, 2.75) is 0 Å². The molecule has 0 amide bonds. The number of phosphoric ester groups is 1. The van der Waals surface area contributed by atoms with Gasteiger partial charge in [-0.2, -0.15) is 0 Å². The Kier molecular flexibility index (Phi) is 5.30. The number of carbonyl (C=O) groups is 1. The fourth-order valence-corrected chi connectivity index (χ4v) is 2.00. The monoisotopic (exact) mass is 304 g/mol. The van der Waals surface area contributed by atoms with Crippen molar-refractivity contribution < 1.29 is 32.9 Å². The zero-order valence-electron chi connectivity index (χ0n) is 11.6. The Bertz CT molecular complexity index is 508. The van der Waals surface area contributed by atoms with E-state index >= 15 is 0 Å². The molecule has 0 radical (unpaired) electrons. The molecule has 112 valence electrons. The number of phosphoric acid groups is 1. The van der Waals surface area contributed by atoms with Crippen LogP contribution in [-0.4, -0.2) is 54.7 Å². The normalized spacial score (nSPS) is 14.6. The number of nitrogens with zero attached hydrogens (tertiary/aromatic N) is 1. The summed E-state index contributed by atoms with van der Waals surface area (Å²) in [6.45, 7) is 0.621. The summed E-state index contributed by atoms with van der Waals surface area (Å²) >= 11 is 0. The van der Waals surface area contributed by atoms with E-state index in [0.717, 1.165) is 0 Å². The number of benzene rings is 1. The van der Waals surface area contributed by atoms with Crippen LogP contribution >= 0.6 is 7.82 Å². The second-order valence-electron chi connectivity index (χ2n) is 5.24. The molecule has 20 heavy (non-hydrogen) atoms. The van der Waals surface area contributed by atoms with Crippen molar-refractivity contribution in [3.63, 3.8) is 0 Å². The second kappa shape index (κ2) is 6.37. The predicted molar refractivity (Wildman–Crippen MR) is 72.7 cm³/mol. The van der Waals surface area contributed by atoms with Crippen molar-refractivity contribution in [1.82, 2.24) is 0 Å². The first-order valence-corrected chi connectivity index (χ1v) is 7.39. The molecule has 0 aliphatic carbocycles. The Morgan fingerprint density at radius 3 is 2.25 bits per heavy atom. The fraction of sp³-hybridized carbons (Fsp3) is 0.417. The lowest BCUT2D eigenvalue weighted by Gasteiger charge is -2.24. The van der Waals surface area contributed by atoms with Gasteiger partial charge >= 0.3 is 13.8 Å². The van der Waals surface area contributed by atoms with Gasteiger partial charge in [0.15, 0.2) is 0 Å². The Balaban J connectivity index is 2.57. The van der Waals surface area contributed by atoms with Crippen molar-refractivity contribution in [2.24, 2.45) is 0 Å². The van der Waals surface area contributed by atoms with Crippen molar-refractivity contribution in [1.29, 1.82) is 0 Å². The van der Waals surface area contributed by atoms with E-state index in [2.05, 4.69) is 0 Å². The fourth-order valence-electron chi connectivity index (χ4n) is 1.25. The lowest BCUT2D eigenvalue weighted by molar-refractivity contribution is -0.870. The van der Waals surface area contributed by atoms with Gasteiger partial charge in [0.25, 0.3) is 0 Å². The molecular weight excluding hydrogens is 285 g/mol. The molecule has 7 nitrogen and oxygen atoms in total. The van der Waals surface area contributed by atoms with Crippen LogP contribution in [-0.2, 0) is 9.09 Å². The summed E-state index contributed by atoms with van der Waals surface area (Å²) in [5, 5.41) is 8.73. The molecule has 1 unspecified atom stereocenters. The molecule has 0 saturated heterocycles. The highest BCUT2D eigenvalue weighted by molar-refractivity contribution is 7.47. The highest BCUT2D eigenvalue weighted by Crippen LogP contribution is 2.43. The van der Waals surface area contributed by atoms with Crippen LogP contribution in [0.25, 0.3) is 0 Å². The molecule has 1 atom stereocenters. The van der Waals surface area contributed by atoms with Crippen LogP contribution in [0.2, 0.25) is 0 Å². The minimum Gasteiger partial charge on any atom is -0.478 e. The minimum absolute atomic E-state index is 0.0658. The zero-order chi connectivity index (χ0) is 15.4. The molecule has 0 aromatic heterocycles. The highest BCUT2D eigenvalue weighted by atomic mass is 31.2. The molecule has 0 aliphatic rings. The lowest BCUT2D eigenvalue weighted by atomic mass is 10.2. The minimum atomic E-state index is -4.20. The third-order valence-corrected chi connectivity index (χ3v) is 3.29. The predicted octanol–water partition coefficient (Wildman–Crippen LogP) is 1.59. The van der Waals surface area contributed by atoms with Gasteiger partial charge in [0.2, 0.25) is 0 Å². The van der Waals surface area contributed by atoms with Gasteiger partial charge in [-0.3, -0.25) is 9.42 Å². The van der Waals surface area contributed by atoms with Crippen molar-refractivity contribution in [2.75, 3.05) is 34.3 Å². The summed E-state index contributed by atoms with van der Waals surface area (Å²) in [7, 11) is 1.59. The highest BCUT2D eigenvalue weighted by Gasteiger charge is 2.24. The average Bonchev–Trinajstić information content (AvgIpc) is 2.26. The maximum absolute atomic E-state index is 11.7. The Morgan fingerprint density at radius 1 is 1.25 bits per heavy atom. The maximum atomic E-state index is 11.7. The molecule has 1 aromatic rings. The second-order valence-corrected chi connectivity index (χ2v) is 6.61. The van der Waals surface area contributed by atoms with Gasteiger partial charge in [-0.1, -0.05) is 0 Å². The van der Waals surface area contributed by atoms with E-state index in [1.165, 1.54) is 24.3 Å². The SMILES string of the molecule is C[N+](C)(C)CCOP(=O)(O)Oc1ccc(C(=O)O)cc1. The quantitative estimate of drug-likeness (QED) is 0.587. The van der Waals surface area contributed by atoms with Gasteiger partial charge in [-0.05, 0) is 24.3 Å². The number of carboxylic acids is 1. The van der Waals surface area contributed by atoms with Crippen molar-refractivity contribution >= 4 is 13.8 Å². The van der Waals surface area contributed by atoms with E-state index < -0.39 is 13.8 Å². The van der Waals surface area contributed by atoms with Gasteiger partial charge in [0, 0.05) is 0 Å². The number of quaternary nitrogens is 1. The number of likely N-dealkylation sites (N-methyl/N-ethyl adjacent to an activating group) is 1. The van der Waals surface area contributed by atoms with E-state index in [1.807, 2.05) is 21.1 Å². The molecule has 0 aliphatic heterocycles. The summed E-state index contributed by atoms with van der Waals surface area (Å²) in [6, 6.07) is 5.17. The number of hydrogen-bond donors (Lipinski definition) is 2. The summed E-state index contributed by atoms with van der Waals surface area (Å²) in [5.74, 6) is -1.01. The molecule has 0 bridgehead atoms. The van der Waals surface area contributed by atoms with Crippen LogP contribution in [0.3, 0.4) is 0 Å². The largest absolute Gasteiger partial charge is 0.527 e. The molecule has 2 N–H and O–H groups in total. The molecule has 0 heterocycles. The number of carboxylic acid groups (broad SMARTS) is 1. The van der Waals surface area contributed by atoms with Crippen molar-refractivity contribution in [3.8, 4) is 5.75 Å². The standard InChI is InChI=1S/C12H18NO6P/c1-13(2,3)8-9-18-20(16,17)19-11-6-4-10(5-7-11)12(14)15/h4-7H,8-9H2,1-3H3,(H-,14,15,16,17)/p+1. The third kappa shape index (κ3) is 6.16. The Hall–Kier alpha value is -1.40. The number of hydrogen-bond acceptors (Lipinski definition) is 4.